The van der Waals surface area contributed by atoms with Crippen molar-refractivity contribution in [2.45, 2.75) is 38.8 Å². The van der Waals surface area contributed by atoms with Gasteiger partial charge in [0.2, 0.25) is 0 Å². The molecule has 0 saturated carbocycles. The molecule has 0 radical (unpaired) electrons. The van der Waals surface area contributed by atoms with Gasteiger partial charge in [0.05, 0.1) is 11.0 Å². The fourth-order valence-corrected chi connectivity index (χ4v) is 2.93. The van der Waals surface area contributed by atoms with Crippen molar-refractivity contribution in [1.82, 2.24) is 4.98 Å². The summed E-state index contributed by atoms with van der Waals surface area (Å²) in [5.74, 6) is 1.49. The van der Waals surface area contributed by atoms with Crippen LogP contribution in [0.15, 0.2) is 36.5 Å². The summed E-state index contributed by atoms with van der Waals surface area (Å²) < 4.78 is 6.01. The molecule has 0 amide bonds. The van der Waals surface area contributed by atoms with Crippen LogP contribution in [-0.2, 0) is 0 Å². The maximum absolute atomic E-state index is 10.9. The Kier molecular flexibility index (Phi) is 3.67. The minimum absolute atomic E-state index is 0.0308. The molecule has 0 bridgehead atoms. The van der Waals surface area contributed by atoms with Gasteiger partial charge in [0.25, 0.3) is 5.69 Å². The summed E-state index contributed by atoms with van der Waals surface area (Å²) in [5, 5.41) is 14.3. The van der Waals surface area contributed by atoms with E-state index in [1.807, 2.05) is 38.1 Å². The van der Waals surface area contributed by atoms with Crippen molar-refractivity contribution in [2.75, 3.05) is 5.32 Å². The molecule has 0 spiro atoms. The van der Waals surface area contributed by atoms with Crippen LogP contribution in [0, 0.1) is 17.0 Å². The normalized spacial score (nSPS) is 18.7. The molecule has 1 aromatic heterocycles. The van der Waals surface area contributed by atoms with E-state index >= 15 is 0 Å². The molecule has 1 aromatic carbocycles. The summed E-state index contributed by atoms with van der Waals surface area (Å²) in [6.45, 7) is 5.81. The van der Waals surface area contributed by atoms with E-state index in [9.17, 15) is 10.1 Å². The molecule has 1 atom stereocenters. The quantitative estimate of drug-likeness (QED) is 0.684. The van der Waals surface area contributed by atoms with Crippen LogP contribution in [0.25, 0.3) is 0 Å². The second-order valence-corrected chi connectivity index (χ2v) is 6.41. The highest BCUT2D eigenvalue weighted by molar-refractivity contribution is 5.50. The molecule has 1 unspecified atom stereocenters. The molecule has 2 heterocycles. The molecule has 2 aromatic rings. The zero-order valence-electron chi connectivity index (χ0n) is 13.4. The maximum atomic E-state index is 10.9. The number of nitrogens with one attached hydrogen (secondary N) is 1. The monoisotopic (exact) mass is 313 g/mol. The Hall–Kier alpha value is -2.63. The summed E-state index contributed by atoms with van der Waals surface area (Å²) in [5.41, 5.74) is 1.40. The lowest BCUT2D eigenvalue weighted by molar-refractivity contribution is -0.385. The van der Waals surface area contributed by atoms with Crippen molar-refractivity contribution >= 4 is 11.5 Å². The van der Waals surface area contributed by atoms with Gasteiger partial charge < -0.3 is 10.1 Å². The van der Waals surface area contributed by atoms with E-state index in [0.717, 1.165) is 17.7 Å². The molecule has 0 fully saturated rings. The summed E-state index contributed by atoms with van der Waals surface area (Å²) in [7, 11) is 0. The first-order chi connectivity index (χ1) is 10.9. The molecule has 3 rings (SSSR count). The highest BCUT2D eigenvalue weighted by atomic mass is 16.6. The first-order valence-corrected chi connectivity index (χ1v) is 7.51. The number of pyridine rings is 1. The Morgan fingerprint density at radius 1 is 1.39 bits per heavy atom. The van der Waals surface area contributed by atoms with Crippen LogP contribution < -0.4 is 10.1 Å². The molecule has 1 aliphatic rings. The van der Waals surface area contributed by atoms with Crippen molar-refractivity contribution < 1.29 is 9.66 Å². The molecule has 1 aliphatic heterocycles. The van der Waals surface area contributed by atoms with Gasteiger partial charge in [-0.05, 0) is 32.9 Å². The number of benzene rings is 1. The van der Waals surface area contributed by atoms with Crippen LogP contribution in [0.5, 0.6) is 5.75 Å². The van der Waals surface area contributed by atoms with Crippen LogP contribution in [-0.4, -0.2) is 15.5 Å². The van der Waals surface area contributed by atoms with Gasteiger partial charge in [0.15, 0.2) is 0 Å². The topological polar surface area (TPSA) is 77.3 Å². The Labute approximate surface area is 134 Å². The molecular formula is C17H19N3O3. The average molecular weight is 313 g/mol. The zero-order valence-corrected chi connectivity index (χ0v) is 13.4. The van der Waals surface area contributed by atoms with Gasteiger partial charge in [-0.15, -0.1) is 0 Å². The van der Waals surface area contributed by atoms with Crippen LogP contribution >= 0.6 is 0 Å². The van der Waals surface area contributed by atoms with E-state index in [1.165, 1.54) is 6.20 Å². The number of ether oxygens (including phenoxy) is 1. The molecule has 6 nitrogen and oxygen atoms in total. The lowest BCUT2D eigenvalue weighted by Gasteiger charge is -2.38. The number of para-hydroxylation sites is 1. The molecule has 6 heteroatoms. The first kappa shape index (κ1) is 15.3. The van der Waals surface area contributed by atoms with Crippen LogP contribution in [0.4, 0.5) is 11.5 Å². The lowest BCUT2D eigenvalue weighted by atomic mass is 9.89. The van der Waals surface area contributed by atoms with Crippen LogP contribution in [0.1, 0.15) is 37.4 Å². The fraction of sp³-hybridized carbons (Fsp3) is 0.353. The molecule has 0 saturated heterocycles. The minimum Gasteiger partial charge on any atom is -0.487 e. The molecule has 1 N–H and O–H groups in total. The van der Waals surface area contributed by atoms with Crippen molar-refractivity contribution in [3.8, 4) is 5.75 Å². The zero-order chi connectivity index (χ0) is 16.6. The highest BCUT2D eigenvalue weighted by Crippen LogP contribution is 2.40. The Morgan fingerprint density at radius 2 is 2.13 bits per heavy atom. The summed E-state index contributed by atoms with van der Waals surface area (Å²) in [4.78, 5) is 14.7. The lowest BCUT2D eigenvalue weighted by Crippen LogP contribution is -2.37. The van der Waals surface area contributed by atoms with Crippen molar-refractivity contribution in [1.29, 1.82) is 0 Å². The Bertz CT molecular complexity index is 758. The number of aryl methyl sites for hydroxylation is 1. The van der Waals surface area contributed by atoms with Crippen molar-refractivity contribution in [3.63, 3.8) is 0 Å². The SMILES string of the molecule is Cc1cc(NC2CC(C)(C)Oc3ccccc32)ncc1[N+](=O)[O-]. The largest absolute Gasteiger partial charge is 0.487 e. The van der Waals surface area contributed by atoms with E-state index in [1.54, 1.807) is 13.0 Å². The number of hydrogen-bond acceptors (Lipinski definition) is 5. The van der Waals surface area contributed by atoms with E-state index in [-0.39, 0.29) is 17.3 Å². The number of rotatable bonds is 3. The Balaban J connectivity index is 1.91. The number of anilines is 1. The van der Waals surface area contributed by atoms with E-state index < -0.39 is 4.92 Å². The van der Waals surface area contributed by atoms with E-state index in [2.05, 4.69) is 10.3 Å². The second-order valence-electron chi connectivity index (χ2n) is 6.41. The molecular weight excluding hydrogens is 294 g/mol. The van der Waals surface area contributed by atoms with E-state index in [4.69, 9.17) is 4.74 Å². The van der Waals surface area contributed by atoms with Crippen LogP contribution in [0.2, 0.25) is 0 Å². The van der Waals surface area contributed by atoms with Gasteiger partial charge in [0.1, 0.15) is 23.4 Å². The molecule has 0 aliphatic carbocycles. The number of nitro groups is 1. The van der Waals surface area contributed by atoms with Gasteiger partial charge in [-0.3, -0.25) is 10.1 Å². The predicted octanol–water partition coefficient (Wildman–Crippen LogP) is 4.01. The van der Waals surface area contributed by atoms with Crippen LogP contribution in [0.3, 0.4) is 0 Å². The third-order valence-electron chi connectivity index (χ3n) is 3.98. The number of nitrogens with zero attached hydrogens (tertiary/aromatic N) is 2. The average Bonchev–Trinajstić information content (AvgIpc) is 2.45. The van der Waals surface area contributed by atoms with Crippen molar-refractivity contribution in [3.05, 3.63) is 57.8 Å². The van der Waals surface area contributed by atoms with Gasteiger partial charge in [-0.25, -0.2) is 4.98 Å². The third-order valence-corrected chi connectivity index (χ3v) is 3.98. The maximum Gasteiger partial charge on any atom is 0.290 e. The number of hydrogen-bond donors (Lipinski definition) is 1. The summed E-state index contributed by atoms with van der Waals surface area (Å²) in [6.07, 6.45) is 2.08. The van der Waals surface area contributed by atoms with Gasteiger partial charge >= 0.3 is 0 Å². The predicted molar refractivity (Wildman–Crippen MR) is 87.8 cm³/mol. The standard InChI is InChI=1S/C17H19N3O3/c1-11-8-16(18-10-14(11)20(21)22)19-13-9-17(2,3)23-15-7-5-4-6-12(13)15/h4-8,10,13H,9H2,1-3H3,(H,18,19). The molecule has 120 valence electrons. The van der Waals surface area contributed by atoms with Gasteiger partial charge in [-0.1, -0.05) is 18.2 Å². The fourth-order valence-electron chi connectivity index (χ4n) is 2.93. The van der Waals surface area contributed by atoms with Gasteiger partial charge in [0, 0.05) is 17.5 Å². The smallest absolute Gasteiger partial charge is 0.290 e. The number of aromatic nitrogens is 1. The Morgan fingerprint density at radius 3 is 2.83 bits per heavy atom. The highest BCUT2D eigenvalue weighted by Gasteiger charge is 2.33. The first-order valence-electron chi connectivity index (χ1n) is 7.51. The summed E-state index contributed by atoms with van der Waals surface area (Å²) in [6, 6.07) is 9.67. The third kappa shape index (κ3) is 3.11. The minimum atomic E-state index is -0.418. The summed E-state index contributed by atoms with van der Waals surface area (Å²) >= 11 is 0. The molecule has 23 heavy (non-hydrogen) atoms. The number of fused-ring (bicyclic) bond motifs is 1. The van der Waals surface area contributed by atoms with Crippen molar-refractivity contribution in [2.24, 2.45) is 0 Å². The van der Waals surface area contributed by atoms with E-state index in [0.29, 0.717) is 11.4 Å². The van der Waals surface area contributed by atoms with Gasteiger partial charge in [-0.2, -0.15) is 0 Å². The second kappa shape index (κ2) is 5.53.